The van der Waals surface area contributed by atoms with Gasteiger partial charge in [0.15, 0.2) is 0 Å². The second-order valence-corrected chi connectivity index (χ2v) is 3.35. The predicted octanol–water partition coefficient (Wildman–Crippen LogP) is 4.10. The summed E-state index contributed by atoms with van der Waals surface area (Å²) in [5, 5.41) is 3.27. The minimum atomic E-state index is 0.967. The van der Waals surface area contributed by atoms with Crippen molar-refractivity contribution in [3.05, 3.63) is 48.1 Å². The number of anilines is 1. The maximum Gasteiger partial charge on any atom is 0.0340 e. The van der Waals surface area contributed by atoms with Crippen LogP contribution in [0.4, 0.5) is 5.69 Å². The first-order chi connectivity index (χ1) is 7.36. The van der Waals surface area contributed by atoms with E-state index in [9.17, 15) is 0 Å². The summed E-state index contributed by atoms with van der Waals surface area (Å²) in [6, 6.07) is 8.45. The molecule has 0 saturated heterocycles. The maximum atomic E-state index is 3.27. The van der Waals surface area contributed by atoms with Crippen LogP contribution >= 0.6 is 0 Å². The smallest absolute Gasteiger partial charge is 0.0340 e. The van der Waals surface area contributed by atoms with Gasteiger partial charge in [0.05, 0.1) is 0 Å². The third kappa shape index (κ3) is 4.50. The summed E-state index contributed by atoms with van der Waals surface area (Å²) in [7, 11) is 0. The minimum absolute atomic E-state index is 0.967. The van der Waals surface area contributed by atoms with Crippen molar-refractivity contribution in [1.29, 1.82) is 0 Å². The number of allylic oxidation sites excluding steroid dienone is 3. The lowest BCUT2D eigenvalue weighted by Gasteiger charge is -2.02. The van der Waals surface area contributed by atoms with Crippen molar-refractivity contribution in [2.45, 2.75) is 20.3 Å². The molecule has 0 saturated carbocycles. The molecule has 0 fully saturated rings. The van der Waals surface area contributed by atoms with E-state index >= 15 is 0 Å². The molecule has 1 nitrogen and oxygen atoms in total. The van der Waals surface area contributed by atoms with E-state index in [0.717, 1.165) is 13.0 Å². The Labute approximate surface area is 92.5 Å². The molecule has 0 aliphatic heterocycles. The van der Waals surface area contributed by atoms with Crippen molar-refractivity contribution < 1.29 is 0 Å². The van der Waals surface area contributed by atoms with E-state index in [0.29, 0.717) is 0 Å². The molecule has 0 atom stereocenters. The molecule has 0 radical (unpaired) electrons. The lowest BCUT2D eigenvalue weighted by molar-refractivity contribution is 1.21. The monoisotopic (exact) mass is 201 g/mol. The fraction of sp³-hybridized carbons (Fsp3) is 0.286. The molecule has 0 bridgehead atoms. The van der Waals surface area contributed by atoms with Gasteiger partial charge in [-0.3, -0.25) is 0 Å². The maximum absolute atomic E-state index is 3.27. The summed E-state index contributed by atoms with van der Waals surface area (Å²) in [6.07, 6.45) is 9.50. The highest BCUT2D eigenvalue weighted by Crippen LogP contribution is 2.10. The van der Waals surface area contributed by atoms with E-state index in [2.05, 4.69) is 67.7 Å². The van der Waals surface area contributed by atoms with Crippen molar-refractivity contribution in [2.24, 2.45) is 0 Å². The molecule has 15 heavy (non-hydrogen) atoms. The molecule has 0 spiro atoms. The van der Waals surface area contributed by atoms with Crippen LogP contribution in [0.15, 0.2) is 42.5 Å². The molecule has 80 valence electrons. The Morgan fingerprint density at radius 2 is 1.80 bits per heavy atom. The number of hydrogen-bond acceptors (Lipinski definition) is 1. The van der Waals surface area contributed by atoms with Crippen molar-refractivity contribution in [1.82, 2.24) is 0 Å². The Morgan fingerprint density at radius 1 is 1.07 bits per heavy atom. The molecule has 1 N–H and O–H groups in total. The van der Waals surface area contributed by atoms with Crippen LogP contribution in [0.2, 0.25) is 0 Å². The summed E-state index contributed by atoms with van der Waals surface area (Å²) in [5.41, 5.74) is 2.41. The van der Waals surface area contributed by atoms with Crippen LogP contribution < -0.4 is 5.32 Å². The molecule has 0 aliphatic rings. The van der Waals surface area contributed by atoms with Gasteiger partial charge in [-0.15, -0.1) is 0 Å². The first-order valence-electron chi connectivity index (χ1n) is 5.54. The van der Waals surface area contributed by atoms with Gasteiger partial charge in [0.2, 0.25) is 0 Å². The highest BCUT2D eigenvalue weighted by Gasteiger charge is 1.88. The summed E-state index contributed by atoms with van der Waals surface area (Å²) in [5.74, 6) is 0. The van der Waals surface area contributed by atoms with E-state index in [1.165, 1.54) is 11.3 Å². The largest absolute Gasteiger partial charge is 0.385 e. The van der Waals surface area contributed by atoms with Crippen LogP contribution in [0.25, 0.3) is 6.08 Å². The number of benzene rings is 1. The lowest BCUT2D eigenvalue weighted by atomic mass is 10.2. The summed E-state index contributed by atoms with van der Waals surface area (Å²) >= 11 is 0. The van der Waals surface area contributed by atoms with Gasteiger partial charge in [-0.05, 0) is 31.0 Å². The molecule has 0 heterocycles. The predicted molar refractivity (Wildman–Crippen MR) is 69.1 cm³/mol. The number of rotatable bonds is 5. The van der Waals surface area contributed by atoms with Crippen molar-refractivity contribution in [3.8, 4) is 0 Å². The zero-order valence-electron chi connectivity index (χ0n) is 9.53. The van der Waals surface area contributed by atoms with E-state index in [1.54, 1.807) is 0 Å². The molecule has 1 heteroatoms. The van der Waals surface area contributed by atoms with Gasteiger partial charge in [0.25, 0.3) is 0 Å². The second-order valence-electron chi connectivity index (χ2n) is 3.35. The Bertz CT molecular complexity index is 320. The Morgan fingerprint density at radius 3 is 2.40 bits per heavy atom. The summed E-state index contributed by atoms with van der Waals surface area (Å²) < 4.78 is 0. The van der Waals surface area contributed by atoms with Gasteiger partial charge in [-0.1, -0.05) is 43.4 Å². The van der Waals surface area contributed by atoms with Gasteiger partial charge in [-0.2, -0.15) is 0 Å². The van der Waals surface area contributed by atoms with Gasteiger partial charge in [0, 0.05) is 12.2 Å². The van der Waals surface area contributed by atoms with Crippen LogP contribution in [0.1, 0.15) is 25.8 Å². The second kappa shape index (κ2) is 6.88. The molecule has 0 aromatic heterocycles. The van der Waals surface area contributed by atoms with Crippen LogP contribution in [-0.4, -0.2) is 6.54 Å². The molecule has 1 aromatic carbocycles. The fourth-order valence-electron chi connectivity index (χ4n) is 1.30. The van der Waals surface area contributed by atoms with Crippen molar-refractivity contribution >= 4 is 11.8 Å². The van der Waals surface area contributed by atoms with Gasteiger partial charge in [0.1, 0.15) is 0 Å². The Balaban J connectivity index is 2.56. The Hall–Kier alpha value is -1.50. The zero-order valence-corrected chi connectivity index (χ0v) is 9.53. The molecule has 1 aromatic rings. The van der Waals surface area contributed by atoms with E-state index in [1.807, 2.05) is 0 Å². The average Bonchev–Trinajstić information content (AvgIpc) is 2.27. The van der Waals surface area contributed by atoms with Crippen molar-refractivity contribution in [3.63, 3.8) is 0 Å². The van der Waals surface area contributed by atoms with E-state index in [4.69, 9.17) is 0 Å². The quantitative estimate of drug-likeness (QED) is 0.707. The van der Waals surface area contributed by atoms with Gasteiger partial charge < -0.3 is 5.32 Å². The first kappa shape index (κ1) is 11.6. The fourth-order valence-corrected chi connectivity index (χ4v) is 1.30. The highest BCUT2D eigenvalue weighted by atomic mass is 14.8. The standard InChI is InChI=1S/C14H19N/c1-3-5-6-7-8-13-9-11-14(12-10-13)15-4-2/h5-12,15H,3-4H2,1-2H3. The SMILES string of the molecule is CCC=CC=Cc1ccc(NCC)cc1. The van der Waals surface area contributed by atoms with Crippen LogP contribution in [-0.2, 0) is 0 Å². The summed E-state index contributed by atoms with van der Waals surface area (Å²) in [4.78, 5) is 0. The lowest BCUT2D eigenvalue weighted by Crippen LogP contribution is -1.95. The third-order valence-electron chi connectivity index (χ3n) is 2.06. The normalized spacial score (nSPS) is 11.3. The van der Waals surface area contributed by atoms with Crippen LogP contribution in [0.5, 0.6) is 0 Å². The number of hydrogen-bond donors (Lipinski definition) is 1. The topological polar surface area (TPSA) is 12.0 Å². The molecule has 0 aliphatic carbocycles. The van der Waals surface area contributed by atoms with Crippen LogP contribution in [0, 0.1) is 0 Å². The van der Waals surface area contributed by atoms with E-state index < -0.39 is 0 Å². The average molecular weight is 201 g/mol. The molecular formula is C14H19N. The highest BCUT2D eigenvalue weighted by molar-refractivity contribution is 5.55. The summed E-state index contributed by atoms with van der Waals surface area (Å²) in [6.45, 7) is 5.20. The molecule has 0 amide bonds. The number of nitrogens with one attached hydrogen (secondary N) is 1. The Kier molecular flexibility index (Phi) is 5.31. The van der Waals surface area contributed by atoms with Crippen molar-refractivity contribution in [2.75, 3.05) is 11.9 Å². The van der Waals surface area contributed by atoms with Gasteiger partial charge in [-0.25, -0.2) is 0 Å². The molecular weight excluding hydrogens is 182 g/mol. The first-order valence-corrected chi connectivity index (χ1v) is 5.54. The minimum Gasteiger partial charge on any atom is -0.385 e. The third-order valence-corrected chi connectivity index (χ3v) is 2.06. The molecule has 0 unspecified atom stereocenters. The zero-order chi connectivity index (χ0) is 10.9. The van der Waals surface area contributed by atoms with Gasteiger partial charge >= 0.3 is 0 Å². The van der Waals surface area contributed by atoms with Crippen LogP contribution in [0.3, 0.4) is 0 Å². The molecule has 1 rings (SSSR count). The van der Waals surface area contributed by atoms with E-state index in [-0.39, 0.29) is 0 Å².